The number of nitrogens with one attached hydrogen (secondary N) is 1. The fourth-order valence-corrected chi connectivity index (χ4v) is 3.66. The van der Waals surface area contributed by atoms with Gasteiger partial charge in [0.15, 0.2) is 11.3 Å². The van der Waals surface area contributed by atoms with Crippen LogP contribution in [0.4, 0.5) is 26.3 Å². The van der Waals surface area contributed by atoms with Gasteiger partial charge in [-0.05, 0) is 49.7 Å². The van der Waals surface area contributed by atoms with Gasteiger partial charge in [-0.3, -0.25) is 9.78 Å². The molecule has 1 atom stereocenters. The van der Waals surface area contributed by atoms with E-state index in [1.165, 1.54) is 10.6 Å². The average Bonchev–Trinajstić information content (AvgIpc) is 3.21. The molecule has 0 aliphatic carbocycles. The molecule has 0 saturated heterocycles. The fraction of sp³-hybridized carbons (Fsp3) is 0.217. The molecule has 0 saturated carbocycles. The van der Waals surface area contributed by atoms with Crippen molar-refractivity contribution in [2.24, 2.45) is 0 Å². The standard InChI is InChI=1S/C23H17F6N5O/c1-12-10-13(2)34-18(31-12)11-17(33-34)21(35)32-19(14-5-7-15(8-6-14)22(24,25)26)20-16(23(27,28)29)4-3-9-30-20/h3-11,19H,1-2H3,(H,32,35). The summed E-state index contributed by atoms with van der Waals surface area (Å²) in [6.07, 6.45) is -8.35. The van der Waals surface area contributed by atoms with Gasteiger partial charge in [0.25, 0.3) is 5.91 Å². The predicted octanol–water partition coefficient (Wildman–Crippen LogP) is 5.30. The van der Waals surface area contributed by atoms with Crippen LogP contribution in [0.1, 0.15) is 50.3 Å². The van der Waals surface area contributed by atoms with Crippen molar-refractivity contribution in [2.75, 3.05) is 0 Å². The number of aromatic nitrogens is 4. The van der Waals surface area contributed by atoms with Crippen LogP contribution in [0.25, 0.3) is 5.65 Å². The molecule has 3 heterocycles. The first-order valence-electron chi connectivity index (χ1n) is 10.2. The summed E-state index contributed by atoms with van der Waals surface area (Å²) >= 11 is 0. The summed E-state index contributed by atoms with van der Waals surface area (Å²) in [5.74, 6) is -0.851. The van der Waals surface area contributed by atoms with E-state index in [1.54, 1.807) is 19.9 Å². The van der Waals surface area contributed by atoms with Crippen molar-refractivity contribution in [1.82, 2.24) is 24.9 Å². The molecular formula is C23H17F6N5O. The third kappa shape index (κ3) is 4.96. The Hall–Kier alpha value is -3.96. The fourth-order valence-electron chi connectivity index (χ4n) is 3.66. The lowest BCUT2D eigenvalue weighted by atomic mass is 9.97. The van der Waals surface area contributed by atoms with Crippen molar-refractivity contribution in [2.45, 2.75) is 32.2 Å². The predicted molar refractivity (Wildman–Crippen MR) is 112 cm³/mol. The summed E-state index contributed by atoms with van der Waals surface area (Å²) < 4.78 is 81.5. The molecule has 1 amide bonds. The summed E-state index contributed by atoms with van der Waals surface area (Å²) in [6.45, 7) is 3.49. The number of pyridine rings is 1. The van der Waals surface area contributed by atoms with Crippen molar-refractivity contribution in [3.05, 3.63) is 94.2 Å². The lowest BCUT2D eigenvalue weighted by Gasteiger charge is -2.22. The zero-order valence-electron chi connectivity index (χ0n) is 18.2. The van der Waals surface area contributed by atoms with E-state index in [9.17, 15) is 31.1 Å². The molecule has 1 N–H and O–H groups in total. The molecule has 0 aliphatic heterocycles. The van der Waals surface area contributed by atoms with Gasteiger partial charge in [-0.15, -0.1) is 0 Å². The van der Waals surface area contributed by atoms with Gasteiger partial charge in [-0.25, -0.2) is 9.50 Å². The number of alkyl halides is 6. The quantitative estimate of drug-likeness (QED) is 0.392. The molecule has 1 aromatic carbocycles. The summed E-state index contributed by atoms with van der Waals surface area (Å²) in [6, 6.07) is 6.91. The first-order valence-corrected chi connectivity index (χ1v) is 10.2. The molecule has 0 fully saturated rings. The smallest absolute Gasteiger partial charge is 0.338 e. The molecule has 0 aliphatic rings. The van der Waals surface area contributed by atoms with E-state index in [0.717, 1.165) is 42.6 Å². The number of aryl methyl sites for hydroxylation is 2. The molecule has 0 radical (unpaired) electrons. The minimum absolute atomic E-state index is 0.0236. The second kappa shape index (κ2) is 8.67. The van der Waals surface area contributed by atoms with Crippen LogP contribution in [0, 0.1) is 13.8 Å². The van der Waals surface area contributed by atoms with Crippen molar-refractivity contribution in [3.8, 4) is 0 Å². The van der Waals surface area contributed by atoms with Crippen LogP contribution in [0.15, 0.2) is 54.7 Å². The number of benzene rings is 1. The second-order valence-corrected chi connectivity index (χ2v) is 7.80. The van der Waals surface area contributed by atoms with Gasteiger partial charge in [-0.2, -0.15) is 31.4 Å². The normalized spacial score (nSPS) is 13.1. The number of carbonyl (C=O) groups excluding carboxylic acids is 1. The van der Waals surface area contributed by atoms with Gasteiger partial charge < -0.3 is 5.32 Å². The van der Waals surface area contributed by atoms with Crippen LogP contribution < -0.4 is 5.32 Å². The highest BCUT2D eigenvalue weighted by atomic mass is 19.4. The van der Waals surface area contributed by atoms with Gasteiger partial charge in [0.1, 0.15) is 0 Å². The maximum atomic E-state index is 13.7. The van der Waals surface area contributed by atoms with Crippen LogP contribution in [0.2, 0.25) is 0 Å². The summed E-state index contributed by atoms with van der Waals surface area (Å²) in [4.78, 5) is 21.1. The highest BCUT2D eigenvalue weighted by Crippen LogP contribution is 2.36. The molecule has 35 heavy (non-hydrogen) atoms. The number of hydrogen-bond donors (Lipinski definition) is 1. The average molecular weight is 493 g/mol. The highest BCUT2D eigenvalue weighted by molar-refractivity contribution is 5.93. The van der Waals surface area contributed by atoms with E-state index >= 15 is 0 Å². The molecule has 0 bridgehead atoms. The van der Waals surface area contributed by atoms with Crippen LogP contribution in [-0.2, 0) is 12.4 Å². The largest absolute Gasteiger partial charge is 0.418 e. The molecule has 0 spiro atoms. The molecule has 182 valence electrons. The van der Waals surface area contributed by atoms with Crippen molar-refractivity contribution in [1.29, 1.82) is 0 Å². The highest BCUT2D eigenvalue weighted by Gasteiger charge is 2.37. The Morgan fingerprint density at radius 2 is 1.66 bits per heavy atom. The monoisotopic (exact) mass is 493 g/mol. The van der Waals surface area contributed by atoms with Crippen LogP contribution >= 0.6 is 0 Å². The van der Waals surface area contributed by atoms with Crippen molar-refractivity contribution >= 4 is 11.6 Å². The Bertz CT molecular complexity index is 1390. The molecule has 1 unspecified atom stereocenters. The number of amides is 1. The van der Waals surface area contributed by atoms with Gasteiger partial charge >= 0.3 is 12.4 Å². The lowest BCUT2D eigenvalue weighted by molar-refractivity contribution is -0.139. The van der Waals surface area contributed by atoms with Crippen LogP contribution in [0.3, 0.4) is 0 Å². The van der Waals surface area contributed by atoms with E-state index in [-0.39, 0.29) is 11.3 Å². The Balaban J connectivity index is 1.78. The lowest BCUT2D eigenvalue weighted by Crippen LogP contribution is -2.32. The number of carbonyl (C=O) groups is 1. The molecule has 4 rings (SSSR count). The molecular weight excluding hydrogens is 476 g/mol. The third-order valence-corrected chi connectivity index (χ3v) is 5.23. The van der Waals surface area contributed by atoms with Crippen molar-refractivity contribution in [3.63, 3.8) is 0 Å². The Morgan fingerprint density at radius 1 is 0.971 bits per heavy atom. The second-order valence-electron chi connectivity index (χ2n) is 7.80. The van der Waals surface area contributed by atoms with E-state index in [0.29, 0.717) is 17.0 Å². The minimum atomic E-state index is -4.82. The third-order valence-electron chi connectivity index (χ3n) is 5.23. The van der Waals surface area contributed by atoms with Crippen LogP contribution in [-0.4, -0.2) is 25.5 Å². The van der Waals surface area contributed by atoms with E-state index in [4.69, 9.17) is 0 Å². The first-order chi connectivity index (χ1) is 16.3. The zero-order valence-corrected chi connectivity index (χ0v) is 18.2. The zero-order chi connectivity index (χ0) is 25.5. The van der Waals surface area contributed by atoms with Gasteiger partial charge in [0, 0.05) is 23.7 Å². The number of nitrogens with zero attached hydrogens (tertiary/aromatic N) is 4. The van der Waals surface area contributed by atoms with E-state index in [2.05, 4.69) is 20.4 Å². The molecule has 4 aromatic rings. The summed E-state index contributed by atoms with van der Waals surface area (Å²) in [5, 5.41) is 6.61. The van der Waals surface area contributed by atoms with E-state index < -0.39 is 41.1 Å². The summed E-state index contributed by atoms with van der Waals surface area (Å²) in [5.41, 5.74) is -1.14. The summed E-state index contributed by atoms with van der Waals surface area (Å²) in [7, 11) is 0. The number of hydrogen-bond acceptors (Lipinski definition) is 4. The Labute approximate surface area is 194 Å². The van der Waals surface area contributed by atoms with Gasteiger partial charge in [0.05, 0.1) is 22.9 Å². The molecule has 6 nitrogen and oxygen atoms in total. The van der Waals surface area contributed by atoms with Crippen molar-refractivity contribution < 1.29 is 31.1 Å². The Morgan fingerprint density at radius 3 is 2.29 bits per heavy atom. The molecule has 3 aromatic heterocycles. The minimum Gasteiger partial charge on any atom is -0.338 e. The maximum absolute atomic E-state index is 13.7. The number of halogens is 6. The van der Waals surface area contributed by atoms with E-state index in [1.807, 2.05) is 0 Å². The topological polar surface area (TPSA) is 72.2 Å². The molecule has 12 heteroatoms. The number of fused-ring (bicyclic) bond motifs is 1. The maximum Gasteiger partial charge on any atom is 0.418 e. The SMILES string of the molecule is Cc1cc(C)n2nc(C(=O)NC(c3ccc(C(F)(F)F)cc3)c3ncccc3C(F)(F)F)cc2n1. The first kappa shape index (κ1) is 24.2. The van der Waals surface area contributed by atoms with Gasteiger partial charge in [-0.1, -0.05) is 12.1 Å². The number of rotatable bonds is 4. The van der Waals surface area contributed by atoms with Gasteiger partial charge in [0.2, 0.25) is 0 Å². The Kier molecular flexibility index (Phi) is 5.99. The van der Waals surface area contributed by atoms with Crippen LogP contribution in [0.5, 0.6) is 0 Å².